The van der Waals surface area contributed by atoms with Gasteiger partial charge in [0.05, 0.1) is 0 Å². The fourth-order valence-electron chi connectivity index (χ4n) is 2.02. The average Bonchev–Trinajstić information content (AvgIpc) is 2.48. The van der Waals surface area contributed by atoms with Gasteiger partial charge in [-0.1, -0.05) is 12.1 Å². The van der Waals surface area contributed by atoms with Gasteiger partial charge >= 0.3 is 0 Å². The third-order valence-electron chi connectivity index (χ3n) is 3.09. The van der Waals surface area contributed by atoms with E-state index < -0.39 is 0 Å². The second-order valence-electron chi connectivity index (χ2n) is 5.40. The van der Waals surface area contributed by atoms with Crippen LogP contribution in [0, 0.1) is 0 Å². The molecule has 5 heteroatoms. The molecule has 0 aliphatic rings. The van der Waals surface area contributed by atoms with E-state index in [0.29, 0.717) is 5.75 Å². The summed E-state index contributed by atoms with van der Waals surface area (Å²) in [6.07, 6.45) is 1.79. The largest absolute Gasteiger partial charge is 0.484 e. The Hall–Kier alpha value is -2.56. The molecule has 5 nitrogen and oxygen atoms in total. The van der Waals surface area contributed by atoms with Crippen LogP contribution < -0.4 is 15.6 Å². The molecule has 2 aromatic rings. The zero-order valence-corrected chi connectivity index (χ0v) is 13.0. The Morgan fingerprint density at radius 3 is 2.36 bits per heavy atom. The Morgan fingerprint density at radius 1 is 1.14 bits per heavy atom. The SMILES string of the molecule is CC(C)NC(=O)COc1ccc(-c2ccc(=O)n(C)c2)cc1. The van der Waals surface area contributed by atoms with Crippen molar-refractivity contribution in [3.05, 3.63) is 52.9 Å². The number of amides is 1. The van der Waals surface area contributed by atoms with Crippen molar-refractivity contribution >= 4 is 5.91 Å². The summed E-state index contributed by atoms with van der Waals surface area (Å²) < 4.78 is 6.97. The number of pyridine rings is 1. The first-order chi connectivity index (χ1) is 10.5. The minimum absolute atomic E-state index is 0.00261. The molecule has 0 bridgehead atoms. The van der Waals surface area contributed by atoms with Crippen molar-refractivity contribution in [3.8, 4) is 16.9 Å². The molecular weight excluding hydrogens is 280 g/mol. The molecule has 116 valence electrons. The first-order valence-electron chi connectivity index (χ1n) is 7.15. The molecule has 1 N–H and O–H groups in total. The first kappa shape index (κ1) is 15.8. The molecule has 0 saturated carbocycles. The van der Waals surface area contributed by atoms with Crippen molar-refractivity contribution in [3.63, 3.8) is 0 Å². The molecule has 0 saturated heterocycles. The molecule has 0 aliphatic heterocycles. The highest BCUT2D eigenvalue weighted by molar-refractivity contribution is 5.77. The molecule has 1 heterocycles. The molecular formula is C17H20N2O3. The number of ether oxygens (including phenoxy) is 1. The van der Waals surface area contributed by atoms with Gasteiger partial charge in [-0.2, -0.15) is 0 Å². The first-order valence-corrected chi connectivity index (χ1v) is 7.15. The van der Waals surface area contributed by atoms with Gasteiger partial charge in [0.25, 0.3) is 5.91 Å². The number of aryl methyl sites for hydroxylation is 1. The minimum atomic E-state index is -0.142. The van der Waals surface area contributed by atoms with E-state index in [1.807, 2.05) is 38.1 Å². The summed E-state index contributed by atoms with van der Waals surface area (Å²) in [6.45, 7) is 3.80. The van der Waals surface area contributed by atoms with Crippen LogP contribution in [0.5, 0.6) is 5.75 Å². The Bertz CT molecular complexity index is 703. The normalized spacial score (nSPS) is 10.5. The fourth-order valence-corrected chi connectivity index (χ4v) is 2.02. The van der Waals surface area contributed by atoms with Crippen LogP contribution in [0.3, 0.4) is 0 Å². The van der Waals surface area contributed by atoms with Gasteiger partial charge in [-0.05, 0) is 43.2 Å². The summed E-state index contributed by atoms with van der Waals surface area (Å²) in [5, 5.41) is 2.77. The number of aromatic nitrogens is 1. The van der Waals surface area contributed by atoms with Crippen LogP contribution in [0.15, 0.2) is 47.4 Å². The number of nitrogens with zero attached hydrogens (tertiary/aromatic N) is 1. The van der Waals surface area contributed by atoms with Crippen molar-refractivity contribution in [2.75, 3.05) is 6.61 Å². The second kappa shape index (κ2) is 6.93. The Balaban J connectivity index is 2.02. The smallest absolute Gasteiger partial charge is 0.258 e. The summed E-state index contributed by atoms with van der Waals surface area (Å²) in [6, 6.07) is 10.8. The lowest BCUT2D eigenvalue weighted by atomic mass is 10.1. The van der Waals surface area contributed by atoms with Crippen molar-refractivity contribution < 1.29 is 9.53 Å². The maximum absolute atomic E-state index is 11.5. The van der Waals surface area contributed by atoms with Gasteiger partial charge in [0.2, 0.25) is 5.56 Å². The number of hydrogen-bond acceptors (Lipinski definition) is 3. The van der Waals surface area contributed by atoms with Crippen molar-refractivity contribution in [1.29, 1.82) is 0 Å². The third-order valence-corrected chi connectivity index (χ3v) is 3.09. The van der Waals surface area contributed by atoms with Crippen molar-refractivity contribution in [2.45, 2.75) is 19.9 Å². The summed E-state index contributed by atoms with van der Waals surface area (Å²) >= 11 is 0. The van der Waals surface area contributed by atoms with Crippen molar-refractivity contribution in [1.82, 2.24) is 9.88 Å². The number of benzene rings is 1. The highest BCUT2D eigenvalue weighted by atomic mass is 16.5. The van der Waals surface area contributed by atoms with E-state index in [9.17, 15) is 9.59 Å². The standard InChI is InChI=1S/C17H20N2O3/c1-12(2)18-16(20)11-22-15-7-4-13(5-8-15)14-6-9-17(21)19(3)10-14/h4-10,12H,11H2,1-3H3,(H,18,20). The zero-order chi connectivity index (χ0) is 16.1. The summed E-state index contributed by atoms with van der Waals surface area (Å²) in [5.41, 5.74) is 1.89. The van der Waals surface area contributed by atoms with Crippen LogP contribution in [-0.4, -0.2) is 23.1 Å². The number of carbonyl (C=O) groups is 1. The molecule has 2 rings (SSSR count). The summed E-state index contributed by atoms with van der Waals surface area (Å²) in [5.74, 6) is 0.490. The third kappa shape index (κ3) is 4.22. The number of hydrogen-bond donors (Lipinski definition) is 1. The highest BCUT2D eigenvalue weighted by Crippen LogP contribution is 2.21. The maximum atomic E-state index is 11.5. The van der Waals surface area contributed by atoms with Crippen molar-refractivity contribution in [2.24, 2.45) is 7.05 Å². The van der Waals surface area contributed by atoms with Gasteiger partial charge in [0.1, 0.15) is 5.75 Å². The van der Waals surface area contributed by atoms with E-state index in [2.05, 4.69) is 5.32 Å². The van der Waals surface area contributed by atoms with E-state index in [1.54, 1.807) is 19.3 Å². The predicted molar refractivity (Wildman–Crippen MR) is 85.9 cm³/mol. The van der Waals surface area contributed by atoms with Crippen LogP contribution in [0.4, 0.5) is 0 Å². The van der Waals surface area contributed by atoms with E-state index in [1.165, 1.54) is 10.6 Å². The average molecular weight is 300 g/mol. The molecule has 0 spiro atoms. The van der Waals surface area contributed by atoms with Crippen LogP contribution in [0.25, 0.3) is 11.1 Å². The maximum Gasteiger partial charge on any atom is 0.258 e. The topological polar surface area (TPSA) is 60.3 Å². The molecule has 0 fully saturated rings. The number of nitrogens with one attached hydrogen (secondary N) is 1. The van der Waals surface area contributed by atoms with Gasteiger partial charge in [-0.3, -0.25) is 9.59 Å². The molecule has 0 aliphatic carbocycles. The molecule has 0 radical (unpaired) electrons. The quantitative estimate of drug-likeness (QED) is 0.918. The Kier molecular flexibility index (Phi) is 4.99. The van der Waals surface area contributed by atoms with Crippen LogP contribution in [-0.2, 0) is 11.8 Å². The van der Waals surface area contributed by atoms with E-state index in [4.69, 9.17) is 4.74 Å². The molecule has 1 aromatic heterocycles. The van der Waals surface area contributed by atoms with Gasteiger partial charge in [-0.25, -0.2) is 0 Å². The van der Waals surface area contributed by atoms with Gasteiger partial charge < -0.3 is 14.6 Å². The zero-order valence-electron chi connectivity index (χ0n) is 13.0. The number of rotatable bonds is 5. The Labute approximate surface area is 129 Å². The summed E-state index contributed by atoms with van der Waals surface area (Å²) in [7, 11) is 1.72. The molecule has 1 aromatic carbocycles. The molecule has 0 unspecified atom stereocenters. The monoisotopic (exact) mass is 300 g/mol. The minimum Gasteiger partial charge on any atom is -0.484 e. The van der Waals surface area contributed by atoms with E-state index >= 15 is 0 Å². The van der Waals surface area contributed by atoms with Crippen LogP contribution in [0.1, 0.15) is 13.8 Å². The van der Waals surface area contributed by atoms with Crippen LogP contribution >= 0.6 is 0 Å². The van der Waals surface area contributed by atoms with Gasteiger partial charge in [-0.15, -0.1) is 0 Å². The fraction of sp³-hybridized carbons (Fsp3) is 0.294. The molecule has 0 atom stereocenters. The van der Waals surface area contributed by atoms with Gasteiger partial charge in [0.15, 0.2) is 6.61 Å². The second-order valence-corrected chi connectivity index (χ2v) is 5.40. The number of carbonyl (C=O) groups excluding carboxylic acids is 1. The summed E-state index contributed by atoms with van der Waals surface area (Å²) in [4.78, 5) is 22.9. The highest BCUT2D eigenvalue weighted by Gasteiger charge is 2.05. The van der Waals surface area contributed by atoms with E-state index in [-0.39, 0.29) is 24.1 Å². The lowest BCUT2D eigenvalue weighted by Gasteiger charge is -2.10. The van der Waals surface area contributed by atoms with Gasteiger partial charge in [0, 0.05) is 25.4 Å². The predicted octanol–water partition coefficient (Wildman–Crippen LogP) is 1.96. The van der Waals surface area contributed by atoms with E-state index in [0.717, 1.165) is 11.1 Å². The molecule has 1 amide bonds. The lowest BCUT2D eigenvalue weighted by molar-refractivity contribution is -0.123. The lowest BCUT2D eigenvalue weighted by Crippen LogP contribution is -2.34. The van der Waals surface area contributed by atoms with Crippen LogP contribution in [0.2, 0.25) is 0 Å². The Morgan fingerprint density at radius 2 is 1.77 bits per heavy atom. The molecule has 22 heavy (non-hydrogen) atoms.